The zero-order valence-electron chi connectivity index (χ0n) is 11.5. The first-order valence-electron chi connectivity index (χ1n) is 6.95. The highest BCUT2D eigenvalue weighted by Gasteiger charge is 2.29. The fraction of sp³-hybridized carbons (Fsp3) is 0.312. The van der Waals surface area contributed by atoms with Crippen LogP contribution in [0.3, 0.4) is 0 Å². The number of fused-ring (bicyclic) bond motifs is 1. The van der Waals surface area contributed by atoms with Gasteiger partial charge >= 0.3 is 5.97 Å². The first-order valence-corrected chi connectivity index (χ1v) is 7.33. The quantitative estimate of drug-likeness (QED) is 0.930. The van der Waals surface area contributed by atoms with Gasteiger partial charge in [-0.1, -0.05) is 17.7 Å². The lowest BCUT2D eigenvalue weighted by molar-refractivity contribution is -0.135. The van der Waals surface area contributed by atoms with Gasteiger partial charge in [-0.05, 0) is 37.1 Å². The molecule has 0 amide bonds. The minimum atomic E-state index is -0.856. The van der Waals surface area contributed by atoms with Crippen molar-refractivity contribution in [1.82, 2.24) is 0 Å². The van der Waals surface area contributed by atoms with E-state index in [0.717, 1.165) is 36.3 Å². The number of carboxylic acid groups (broad SMARTS) is 1. The topological polar surface area (TPSA) is 53.7 Å². The molecule has 1 aliphatic carbocycles. The van der Waals surface area contributed by atoms with Crippen molar-refractivity contribution < 1.29 is 14.3 Å². The van der Waals surface area contributed by atoms with Gasteiger partial charge in [0.15, 0.2) is 0 Å². The second-order valence-corrected chi connectivity index (χ2v) is 5.65. The van der Waals surface area contributed by atoms with Gasteiger partial charge in [-0.2, -0.15) is 0 Å². The molecule has 0 fully saturated rings. The number of benzene rings is 1. The van der Waals surface area contributed by atoms with Crippen LogP contribution in [-0.2, 0) is 11.2 Å². The molecule has 1 atom stereocenters. The van der Waals surface area contributed by atoms with Gasteiger partial charge in [0.05, 0.1) is 12.3 Å². The predicted molar refractivity (Wildman–Crippen MR) is 80.8 cm³/mol. The van der Waals surface area contributed by atoms with Crippen molar-refractivity contribution in [3.05, 3.63) is 52.9 Å². The summed E-state index contributed by atoms with van der Waals surface area (Å²) in [6.45, 7) is -0.0599. The van der Waals surface area contributed by atoms with Crippen molar-refractivity contribution in [3.8, 4) is 0 Å². The lowest BCUT2D eigenvalue weighted by atomic mass is 9.91. The van der Waals surface area contributed by atoms with Crippen LogP contribution >= 0.6 is 11.6 Å². The van der Waals surface area contributed by atoms with Crippen LogP contribution in [0.1, 0.15) is 30.2 Å². The third-order valence-corrected chi connectivity index (χ3v) is 4.08. The number of hydrogen-bond acceptors (Lipinski definition) is 3. The summed E-state index contributed by atoms with van der Waals surface area (Å²) in [7, 11) is 0. The smallest absolute Gasteiger partial charge is 0.323 e. The SMILES string of the molecule is O=C(O)CN(c1cccc(Cl)c1)C1CCCc2occc21. The van der Waals surface area contributed by atoms with E-state index < -0.39 is 5.97 Å². The number of halogens is 1. The summed E-state index contributed by atoms with van der Waals surface area (Å²) in [5.74, 6) is 0.106. The van der Waals surface area contributed by atoms with E-state index in [9.17, 15) is 9.90 Å². The Hall–Kier alpha value is -1.94. The molecule has 1 unspecified atom stereocenters. The van der Waals surface area contributed by atoms with Crippen LogP contribution in [0.25, 0.3) is 0 Å². The standard InChI is InChI=1S/C16H16ClNO3/c17-11-3-1-4-12(9-11)18(10-16(19)20)14-5-2-6-15-13(14)7-8-21-15/h1,3-4,7-9,14H,2,5-6,10H2,(H,19,20). The highest BCUT2D eigenvalue weighted by atomic mass is 35.5. The van der Waals surface area contributed by atoms with Gasteiger partial charge in [0.1, 0.15) is 12.3 Å². The van der Waals surface area contributed by atoms with Crippen LogP contribution in [0.2, 0.25) is 5.02 Å². The molecule has 3 rings (SSSR count). The normalized spacial score (nSPS) is 17.3. The maximum absolute atomic E-state index is 11.3. The van der Waals surface area contributed by atoms with Crippen molar-refractivity contribution in [1.29, 1.82) is 0 Å². The molecule has 1 aliphatic rings. The number of hydrogen-bond donors (Lipinski definition) is 1. The summed E-state index contributed by atoms with van der Waals surface area (Å²) in [4.78, 5) is 13.2. The van der Waals surface area contributed by atoms with Crippen LogP contribution in [-0.4, -0.2) is 17.6 Å². The van der Waals surface area contributed by atoms with Crippen LogP contribution in [0.5, 0.6) is 0 Å². The molecule has 0 radical (unpaired) electrons. The van der Waals surface area contributed by atoms with Gasteiger partial charge in [0.2, 0.25) is 0 Å². The van der Waals surface area contributed by atoms with E-state index in [0.29, 0.717) is 5.02 Å². The largest absolute Gasteiger partial charge is 0.480 e. The predicted octanol–water partition coefficient (Wildman–Crippen LogP) is 3.90. The number of rotatable bonds is 4. The second kappa shape index (κ2) is 5.82. The third-order valence-electron chi connectivity index (χ3n) is 3.84. The average Bonchev–Trinajstić information content (AvgIpc) is 2.93. The summed E-state index contributed by atoms with van der Waals surface area (Å²) < 4.78 is 5.50. The Morgan fingerprint density at radius 3 is 3.05 bits per heavy atom. The van der Waals surface area contributed by atoms with E-state index in [-0.39, 0.29) is 12.6 Å². The number of carbonyl (C=O) groups is 1. The number of anilines is 1. The van der Waals surface area contributed by atoms with E-state index in [1.807, 2.05) is 23.1 Å². The zero-order chi connectivity index (χ0) is 14.8. The monoisotopic (exact) mass is 305 g/mol. The van der Waals surface area contributed by atoms with Gasteiger partial charge in [-0.3, -0.25) is 4.79 Å². The van der Waals surface area contributed by atoms with Gasteiger partial charge in [0.25, 0.3) is 0 Å². The molecule has 5 heteroatoms. The second-order valence-electron chi connectivity index (χ2n) is 5.21. The average molecular weight is 306 g/mol. The maximum atomic E-state index is 11.3. The van der Waals surface area contributed by atoms with Crippen LogP contribution in [0.15, 0.2) is 41.0 Å². The number of aliphatic carboxylic acids is 1. The van der Waals surface area contributed by atoms with Gasteiger partial charge in [0, 0.05) is 22.7 Å². The number of aryl methyl sites for hydroxylation is 1. The zero-order valence-corrected chi connectivity index (χ0v) is 12.2. The van der Waals surface area contributed by atoms with E-state index in [1.165, 1.54) is 0 Å². The highest BCUT2D eigenvalue weighted by Crippen LogP contribution is 2.37. The first-order chi connectivity index (χ1) is 10.1. The van der Waals surface area contributed by atoms with Crippen molar-refractivity contribution in [3.63, 3.8) is 0 Å². The summed E-state index contributed by atoms with van der Waals surface area (Å²) >= 11 is 6.05. The molecule has 4 nitrogen and oxygen atoms in total. The number of carboxylic acids is 1. The van der Waals surface area contributed by atoms with Gasteiger partial charge in [-0.15, -0.1) is 0 Å². The minimum absolute atomic E-state index is 0.0158. The van der Waals surface area contributed by atoms with Crippen molar-refractivity contribution >= 4 is 23.3 Å². The minimum Gasteiger partial charge on any atom is -0.480 e. The fourth-order valence-corrected chi connectivity index (χ4v) is 3.15. The highest BCUT2D eigenvalue weighted by molar-refractivity contribution is 6.30. The van der Waals surface area contributed by atoms with Crippen molar-refractivity contribution in [2.45, 2.75) is 25.3 Å². The summed E-state index contributed by atoms with van der Waals surface area (Å²) in [5.41, 5.74) is 1.91. The summed E-state index contributed by atoms with van der Waals surface area (Å²) in [6, 6.07) is 9.28. The Morgan fingerprint density at radius 2 is 2.29 bits per heavy atom. The van der Waals surface area contributed by atoms with Gasteiger partial charge in [-0.25, -0.2) is 0 Å². The number of furan rings is 1. The molecular formula is C16H16ClNO3. The molecule has 0 saturated heterocycles. The third kappa shape index (κ3) is 2.90. The van der Waals surface area contributed by atoms with Crippen LogP contribution in [0.4, 0.5) is 5.69 Å². The van der Waals surface area contributed by atoms with Gasteiger partial charge < -0.3 is 14.4 Å². The molecule has 21 heavy (non-hydrogen) atoms. The molecule has 0 saturated carbocycles. The van der Waals surface area contributed by atoms with Crippen LogP contribution in [0, 0.1) is 0 Å². The Bertz CT molecular complexity index is 652. The molecule has 110 valence electrons. The summed E-state index contributed by atoms with van der Waals surface area (Å²) in [6.07, 6.45) is 4.49. The van der Waals surface area contributed by atoms with E-state index in [4.69, 9.17) is 16.0 Å². The molecular weight excluding hydrogens is 290 g/mol. The van der Waals surface area contributed by atoms with Crippen molar-refractivity contribution in [2.24, 2.45) is 0 Å². The molecule has 1 heterocycles. The Labute approximate surface area is 127 Å². The van der Waals surface area contributed by atoms with E-state index in [1.54, 1.807) is 18.4 Å². The molecule has 0 aliphatic heterocycles. The molecule has 1 aromatic heterocycles. The lowest BCUT2D eigenvalue weighted by Crippen LogP contribution is -2.35. The maximum Gasteiger partial charge on any atom is 0.323 e. The van der Waals surface area contributed by atoms with Crippen LogP contribution < -0.4 is 4.90 Å². The van der Waals surface area contributed by atoms with Crippen molar-refractivity contribution in [2.75, 3.05) is 11.4 Å². The first kappa shape index (κ1) is 14.0. The number of nitrogens with zero attached hydrogens (tertiary/aromatic N) is 1. The Balaban J connectivity index is 1.99. The lowest BCUT2D eigenvalue weighted by Gasteiger charge is -2.34. The van der Waals surface area contributed by atoms with E-state index in [2.05, 4.69) is 0 Å². The molecule has 1 aromatic carbocycles. The van der Waals surface area contributed by atoms with E-state index >= 15 is 0 Å². The fourth-order valence-electron chi connectivity index (χ4n) is 2.97. The molecule has 1 N–H and O–H groups in total. The Kier molecular flexibility index (Phi) is 3.88. The Morgan fingerprint density at radius 1 is 1.43 bits per heavy atom. The summed E-state index contributed by atoms with van der Waals surface area (Å²) in [5, 5.41) is 9.85. The molecule has 2 aromatic rings. The molecule has 0 bridgehead atoms. The molecule has 0 spiro atoms.